The van der Waals surface area contributed by atoms with Crippen molar-refractivity contribution in [2.75, 3.05) is 0 Å². The van der Waals surface area contributed by atoms with Gasteiger partial charge in [-0.3, -0.25) is 9.78 Å². The van der Waals surface area contributed by atoms with Crippen molar-refractivity contribution in [3.05, 3.63) is 137 Å². The van der Waals surface area contributed by atoms with Gasteiger partial charge in [0.2, 0.25) is 0 Å². The van der Waals surface area contributed by atoms with Crippen molar-refractivity contribution < 1.29 is 9.53 Å². The third-order valence-corrected chi connectivity index (χ3v) is 6.30. The topological polar surface area (TPSA) is 92.8 Å². The number of carbonyl (C=O) groups is 1. The minimum atomic E-state index is -0.476. The molecule has 40 heavy (non-hydrogen) atoms. The van der Waals surface area contributed by atoms with Crippen LogP contribution in [-0.4, -0.2) is 20.7 Å². The molecule has 0 saturated carbocycles. The molecule has 0 aliphatic rings. The van der Waals surface area contributed by atoms with Crippen LogP contribution in [0.15, 0.2) is 115 Å². The van der Waals surface area contributed by atoms with Gasteiger partial charge in [0.1, 0.15) is 24.0 Å². The number of pyridine rings is 1. The molecule has 7 nitrogen and oxygen atoms in total. The van der Waals surface area contributed by atoms with E-state index in [1.54, 1.807) is 35.4 Å². The van der Waals surface area contributed by atoms with E-state index in [0.29, 0.717) is 28.6 Å². The highest BCUT2D eigenvalue weighted by molar-refractivity contribution is 6.30. The lowest BCUT2D eigenvalue weighted by atomic mass is 10.1. The van der Waals surface area contributed by atoms with E-state index < -0.39 is 5.91 Å². The number of halogens is 1. The van der Waals surface area contributed by atoms with Crippen LogP contribution in [0.25, 0.3) is 23.0 Å². The lowest BCUT2D eigenvalue weighted by molar-refractivity contribution is -0.117. The molecule has 3 aromatic carbocycles. The first kappa shape index (κ1) is 26.4. The van der Waals surface area contributed by atoms with E-state index in [1.807, 2.05) is 91.0 Å². The van der Waals surface area contributed by atoms with E-state index in [9.17, 15) is 10.1 Å². The molecular weight excluding hydrogens is 522 g/mol. The number of para-hydroxylation sites is 1. The van der Waals surface area contributed by atoms with Gasteiger partial charge < -0.3 is 10.1 Å². The second-order valence-corrected chi connectivity index (χ2v) is 9.30. The predicted octanol–water partition coefficient (Wildman–Crippen LogP) is 6.39. The van der Waals surface area contributed by atoms with Crippen LogP contribution in [-0.2, 0) is 17.9 Å². The Morgan fingerprint density at radius 3 is 2.45 bits per heavy atom. The molecule has 0 aliphatic heterocycles. The largest absolute Gasteiger partial charge is 0.489 e. The Morgan fingerprint density at radius 1 is 0.975 bits per heavy atom. The fourth-order valence-corrected chi connectivity index (χ4v) is 4.10. The number of nitriles is 1. The molecule has 0 spiro atoms. The quantitative estimate of drug-likeness (QED) is 0.171. The Balaban J connectivity index is 1.40. The Kier molecular flexibility index (Phi) is 8.30. The van der Waals surface area contributed by atoms with Gasteiger partial charge in [-0.25, -0.2) is 4.68 Å². The highest BCUT2D eigenvalue weighted by atomic mass is 35.5. The van der Waals surface area contributed by atoms with Crippen LogP contribution in [0.5, 0.6) is 5.75 Å². The number of hydrogen-bond donors (Lipinski definition) is 1. The van der Waals surface area contributed by atoms with Gasteiger partial charge in [0, 0.05) is 41.3 Å². The number of hydrogen-bond acceptors (Lipinski definition) is 5. The summed E-state index contributed by atoms with van der Waals surface area (Å²) in [6.07, 6.45) is 6.70. The maximum atomic E-state index is 12.9. The Morgan fingerprint density at radius 2 is 1.75 bits per heavy atom. The van der Waals surface area contributed by atoms with Gasteiger partial charge in [-0.2, -0.15) is 10.4 Å². The van der Waals surface area contributed by atoms with Crippen molar-refractivity contribution in [1.82, 2.24) is 20.1 Å². The van der Waals surface area contributed by atoms with Crippen molar-refractivity contribution in [3.63, 3.8) is 0 Å². The summed E-state index contributed by atoms with van der Waals surface area (Å²) in [7, 11) is 0. The highest BCUT2D eigenvalue weighted by Crippen LogP contribution is 2.28. The number of aromatic nitrogens is 3. The van der Waals surface area contributed by atoms with Crippen LogP contribution in [0, 0.1) is 11.3 Å². The Hall–Kier alpha value is -5.19. The first-order valence-electron chi connectivity index (χ1n) is 12.5. The standard InChI is InChI=1S/C32H24ClN5O2/c33-28-12-8-23(9-13-28)22-40-30-14-10-25(11-15-30)31-27(21-38(37-31)29-6-2-1-3-7-29)17-26(18-34)32(39)36-20-24-5-4-16-35-19-24/h1-17,19,21H,20,22H2,(H,36,39). The lowest BCUT2D eigenvalue weighted by Crippen LogP contribution is -2.24. The van der Waals surface area contributed by atoms with Gasteiger partial charge in [-0.1, -0.05) is 48.0 Å². The average molecular weight is 546 g/mol. The summed E-state index contributed by atoms with van der Waals surface area (Å²) in [5, 5.41) is 18.1. The van der Waals surface area contributed by atoms with Crippen LogP contribution in [0.1, 0.15) is 16.7 Å². The molecule has 0 radical (unpaired) electrons. The number of carbonyl (C=O) groups excluding carboxylic acids is 1. The van der Waals surface area contributed by atoms with Crippen molar-refractivity contribution in [1.29, 1.82) is 5.26 Å². The summed E-state index contributed by atoms with van der Waals surface area (Å²) < 4.78 is 7.65. The second-order valence-electron chi connectivity index (χ2n) is 8.87. The number of ether oxygens (including phenoxy) is 1. The third-order valence-electron chi connectivity index (χ3n) is 6.05. The van der Waals surface area contributed by atoms with Gasteiger partial charge in [-0.15, -0.1) is 0 Å². The van der Waals surface area contributed by atoms with Gasteiger partial charge in [0.25, 0.3) is 5.91 Å². The summed E-state index contributed by atoms with van der Waals surface area (Å²) in [6.45, 7) is 0.673. The maximum Gasteiger partial charge on any atom is 0.262 e. The first-order valence-corrected chi connectivity index (χ1v) is 12.9. The number of rotatable bonds is 9. The molecular formula is C32H24ClN5O2. The number of nitrogens with one attached hydrogen (secondary N) is 1. The predicted molar refractivity (Wildman–Crippen MR) is 154 cm³/mol. The molecule has 0 unspecified atom stereocenters. The Labute approximate surface area is 237 Å². The molecule has 0 fully saturated rings. The third kappa shape index (κ3) is 6.62. The van der Waals surface area contributed by atoms with E-state index in [1.165, 1.54) is 0 Å². The molecule has 0 bridgehead atoms. The maximum absolute atomic E-state index is 12.9. The molecule has 2 heterocycles. The van der Waals surface area contributed by atoms with E-state index >= 15 is 0 Å². The fraction of sp³-hybridized carbons (Fsp3) is 0.0625. The van der Waals surface area contributed by atoms with Crippen LogP contribution in [0.2, 0.25) is 5.02 Å². The molecule has 196 valence electrons. The second kappa shape index (κ2) is 12.6. The van der Waals surface area contributed by atoms with E-state index in [4.69, 9.17) is 21.4 Å². The fourth-order valence-electron chi connectivity index (χ4n) is 3.97. The first-order chi connectivity index (χ1) is 19.6. The number of nitrogens with zero attached hydrogens (tertiary/aromatic N) is 4. The molecule has 0 saturated heterocycles. The summed E-state index contributed by atoms with van der Waals surface area (Å²) in [4.78, 5) is 16.9. The van der Waals surface area contributed by atoms with Crippen LogP contribution >= 0.6 is 11.6 Å². The molecule has 1 N–H and O–H groups in total. The minimum Gasteiger partial charge on any atom is -0.489 e. The van der Waals surface area contributed by atoms with Crippen LogP contribution in [0.3, 0.4) is 0 Å². The van der Waals surface area contributed by atoms with Gasteiger partial charge in [0.05, 0.1) is 11.4 Å². The zero-order chi connectivity index (χ0) is 27.7. The zero-order valence-corrected chi connectivity index (χ0v) is 22.1. The summed E-state index contributed by atoms with van der Waals surface area (Å²) in [5.74, 6) is 0.224. The van der Waals surface area contributed by atoms with Crippen molar-refractivity contribution in [2.45, 2.75) is 13.2 Å². The number of amides is 1. The SMILES string of the molecule is N#CC(=Cc1cn(-c2ccccc2)nc1-c1ccc(OCc2ccc(Cl)cc2)cc1)C(=O)NCc1cccnc1. The summed E-state index contributed by atoms with van der Waals surface area (Å²) in [5.41, 5.74) is 4.74. The molecule has 0 atom stereocenters. The van der Waals surface area contributed by atoms with Gasteiger partial charge in [0.15, 0.2) is 0 Å². The van der Waals surface area contributed by atoms with Crippen molar-refractivity contribution in [2.24, 2.45) is 0 Å². The van der Waals surface area contributed by atoms with Crippen LogP contribution in [0.4, 0.5) is 0 Å². The normalized spacial score (nSPS) is 11.1. The highest BCUT2D eigenvalue weighted by Gasteiger charge is 2.15. The molecule has 5 rings (SSSR count). The molecule has 2 aromatic heterocycles. The monoisotopic (exact) mass is 545 g/mol. The lowest BCUT2D eigenvalue weighted by Gasteiger charge is -2.08. The van der Waals surface area contributed by atoms with E-state index in [2.05, 4.69) is 10.3 Å². The van der Waals surface area contributed by atoms with Crippen molar-refractivity contribution in [3.8, 4) is 28.8 Å². The van der Waals surface area contributed by atoms with E-state index in [0.717, 1.165) is 22.4 Å². The zero-order valence-electron chi connectivity index (χ0n) is 21.4. The molecule has 1 amide bonds. The van der Waals surface area contributed by atoms with Gasteiger partial charge in [-0.05, 0) is 71.8 Å². The van der Waals surface area contributed by atoms with E-state index in [-0.39, 0.29) is 12.1 Å². The van der Waals surface area contributed by atoms with Crippen LogP contribution < -0.4 is 10.1 Å². The molecule has 5 aromatic rings. The summed E-state index contributed by atoms with van der Waals surface area (Å²) >= 11 is 5.96. The minimum absolute atomic E-state index is 0.0272. The van der Waals surface area contributed by atoms with Crippen molar-refractivity contribution >= 4 is 23.6 Å². The number of benzene rings is 3. The Bertz CT molecular complexity index is 1660. The summed E-state index contributed by atoms with van der Waals surface area (Å²) in [6, 6.07) is 30.4. The molecule has 0 aliphatic carbocycles. The smallest absolute Gasteiger partial charge is 0.262 e. The van der Waals surface area contributed by atoms with Gasteiger partial charge >= 0.3 is 0 Å². The average Bonchev–Trinajstić information content (AvgIpc) is 3.43. The molecule has 8 heteroatoms.